The van der Waals surface area contributed by atoms with Crippen LogP contribution in [0, 0.1) is 12.7 Å². The molecule has 0 N–H and O–H groups in total. The maximum Gasteiger partial charge on any atom is 0.230 e. The Morgan fingerprint density at radius 2 is 2.10 bits per heavy atom. The molecule has 3 nitrogen and oxygen atoms in total. The van der Waals surface area contributed by atoms with E-state index in [1.165, 1.54) is 6.20 Å². The summed E-state index contributed by atoms with van der Waals surface area (Å²) < 4.78 is 19.6. The van der Waals surface area contributed by atoms with Gasteiger partial charge in [0.05, 0.1) is 6.20 Å². The van der Waals surface area contributed by atoms with Gasteiger partial charge >= 0.3 is 0 Å². The van der Waals surface area contributed by atoms with Gasteiger partial charge in [-0.2, -0.15) is 0 Å². The average molecular weight is 334 g/mol. The Labute approximate surface area is 122 Å². The third-order valence-electron chi connectivity index (χ3n) is 3.07. The lowest BCUT2D eigenvalue weighted by atomic mass is 10.1. The molecule has 0 atom stereocenters. The molecule has 1 aromatic carbocycles. The Balaban J connectivity index is 2.14. The predicted octanol–water partition coefficient (Wildman–Crippen LogP) is 4.27. The zero-order valence-corrected chi connectivity index (χ0v) is 12.1. The third-order valence-corrected chi connectivity index (χ3v) is 3.57. The largest absolute Gasteiger partial charge is 0.452 e. The lowest BCUT2D eigenvalue weighted by molar-refractivity contribution is 0.101. The van der Waals surface area contributed by atoms with Crippen molar-refractivity contribution in [1.29, 1.82) is 0 Å². The normalized spacial score (nSPS) is 10.9. The number of aromatic nitrogens is 1. The maximum atomic E-state index is 13.1. The monoisotopic (exact) mass is 333 g/mol. The molecule has 0 unspecified atom stereocenters. The van der Waals surface area contributed by atoms with Crippen LogP contribution in [0.25, 0.3) is 11.0 Å². The highest BCUT2D eigenvalue weighted by Crippen LogP contribution is 2.29. The number of rotatable bonds is 2. The predicted molar refractivity (Wildman–Crippen MR) is 76.3 cm³/mol. The van der Waals surface area contributed by atoms with Crippen molar-refractivity contribution in [1.82, 2.24) is 4.98 Å². The second-order valence-electron chi connectivity index (χ2n) is 4.42. The van der Waals surface area contributed by atoms with Crippen molar-refractivity contribution in [3.8, 4) is 0 Å². The van der Waals surface area contributed by atoms with Gasteiger partial charge in [-0.05, 0) is 31.2 Å². The molecule has 0 saturated heterocycles. The third kappa shape index (κ3) is 2.14. The number of hydrogen-bond donors (Lipinski definition) is 0. The number of nitrogens with zero attached hydrogens (tertiary/aromatic N) is 1. The maximum absolute atomic E-state index is 13.1. The molecule has 0 amide bonds. The summed E-state index contributed by atoms with van der Waals surface area (Å²) in [6, 6.07) is 6.70. The molecule has 2 heterocycles. The first-order valence-electron chi connectivity index (χ1n) is 5.90. The van der Waals surface area contributed by atoms with E-state index >= 15 is 0 Å². The summed E-state index contributed by atoms with van der Waals surface area (Å²) in [6.07, 6.45) is 2.38. The first-order valence-corrected chi connectivity index (χ1v) is 6.69. The van der Waals surface area contributed by atoms with Crippen molar-refractivity contribution in [3.05, 3.63) is 63.8 Å². The highest BCUT2D eigenvalue weighted by Gasteiger charge is 2.20. The second kappa shape index (κ2) is 4.83. The van der Waals surface area contributed by atoms with E-state index in [-0.39, 0.29) is 17.1 Å². The molecule has 2 aromatic heterocycles. The molecular formula is C15H9BrFNO2. The summed E-state index contributed by atoms with van der Waals surface area (Å²) in [4.78, 5) is 16.0. The summed E-state index contributed by atoms with van der Waals surface area (Å²) in [7, 11) is 0. The van der Waals surface area contributed by atoms with Crippen LogP contribution in [-0.2, 0) is 0 Å². The molecule has 0 bridgehead atoms. The van der Waals surface area contributed by atoms with Crippen molar-refractivity contribution in [2.75, 3.05) is 0 Å². The minimum Gasteiger partial charge on any atom is -0.452 e. The smallest absolute Gasteiger partial charge is 0.230 e. The van der Waals surface area contributed by atoms with Gasteiger partial charge in [0.25, 0.3) is 0 Å². The second-order valence-corrected chi connectivity index (χ2v) is 5.33. The SMILES string of the molecule is Cc1c(C(=O)c2cncc(F)c2)oc2cc(Br)ccc12. The molecule has 0 aliphatic carbocycles. The van der Waals surface area contributed by atoms with Crippen LogP contribution >= 0.6 is 15.9 Å². The van der Waals surface area contributed by atoms with Gasteiger partial charge in [-0.1, -0.05) is 15.9 Å². The minimum absolute atomic E-state index is 0.172. The van der Waals surface area contributed by atoms with Crippen molar-refractivity contribution >= 4 is 32.7 Å². The fourth-order valence-electron chi connectivity index (χ4n) is 2.08. The van der Waals surface area contributed by atoms with Gasteiger partial charge in [0, 0.05) is 27.2 Å². The number of aryl methyl sites for hydroxylation is 1. The highest BCUT2D eigenvalue weighted by molar-refractivity contribution is 9.10. The number of furan rings is 1. The van der Waals surface area contributed by atoms with E-state index in [1.807, 2.05) is 12.1 Å². The first kappa shape index (κ1) is 13.0. The van der Waals surface area contributed by atoms with E-state index in [2.05, 4.69) is 20.9 Å². The molecule has 5 heteroatoms. The van der Waals surface area contributed by atoms with Gasteiger partial charge in [0.15, 0.2) is 5.76 Å². The Morgan fingerprint density at radius 1 is 1.30 bits per heavy atom. The van der Waals surface area contributed by atoms with Crippen LogP contribution in [0.2, 0.25) is 0 Å². The van der Waals surface area contributed by atoms with E-state index in [9.17, 15) is 9.18 Å². The van der Waals surface area contributed by atoms with Crippen LogP contribution in [0.5, 0.6) is 0 Å². The molecule has 100 valence electrons. The lowest BCUT2D eigenvalue weighted by Gasteiger charge is -1.98. The molecule has 0 aliphatic rings. The Kier molecular flexibility index (Phi) is 3.14. The van der Waals surface area contributed by atoms with E-state index in [4.69, 9.17) is 4.42 Å². The van der Waals surface area contributed by atoms with Crippen molar-refractivity contribution in [2.24, 2.45) is 0 Å². The van der Waals surface area contributed by atoms with Gasteiger partial charge < -0.3 is 4.42 Å². The molecule has 0 saturated carbocycles. The number of benzene rings is 1. The van der Waals surface area contributed by atoms with Crippen molar-refractivity contribution in [3.63, 3.8) is 0 Å². The molecular weight excluding hydrogens is 325 g/mol. The van der Waals surface area contributed by atoms with Gasteiger partial charge in [0.2, 0.25) is 5.78 Å². The molecule has 0 spiro atoms. The fraction of sp³-hybridized carbons (Fsp3) is 0.0667. The number of hydrogen-bond acceptors (Lipinski definition) is 3. The van der Waals surface area contributed by atoms with Crippen LogP contribution in [0.3, 0.4) is 0 Å². The Bertz CT molecular complexity index is 826. The summed E-state index contributed by atoms with van der Waals surface area (Å²) >= 11 is 3.35. The summed E-state index contributed by atoms with van der Waals surface area (Å²) in [5.74, 6) is -0.709. The van der Waals surface area contributed by atoms with Crippen LogP contribution in [0.4, 0.5) is 4.39 Å². The highest BCUT2D eigenvalue weighted by atomic mass is 79.9. The van der Waals surface area contributed by atoms with Gasteiger partial charge in [-0.25, -0.2) is 4.39 Å². The van der Waals surface area contributed by atoms with Crippen LogP contribution in [0.15, 0.2) is 45.5 Å². The minimum atomic E-state index is -0.549. The van der Waals surface area contributed by atoms with Crippen LogP contribution in [-0.4, -0.2) is 10.8 Å². The molecule has 3 rings (SSSR count). The van der Waals surface area contributed by atoms with Gasteiger partial charge in [0.1, 0.15) is 11.4 Å². The molecule has 20 heavy (non-hydrogen) atoms. The fourth-order valence-corrected chi connectivity index (χ4v) is 2.42. The zero-order chi connectivity index (χ0) is 14.3. The summed E-state index contributed by atoms with van der Waals surface area (Å²) in [5.41, 5.74) is 1.53. The molecule has 0 fully saturated rings. The van der Waals surface area contributed by atoms with Crippen LogP contribution in [0.1, 0.15) is 21.7 Å². The number of carbonyl (C=O) groups excluding carboxylic acids is 1. The summed E-state index contributed by atoms with van der Waals surface area (Å²) in [6.45, 7) is 1.81. The quantitative estimate of drug-likeness (QED) is 0.658. The number of fused-ring (bicyclic) bond motifs is 1. The number of carbonyl (C=O) groups is 1. The number of halogens is 2. The number of pyridine rings is 1. The van der Waals surface area contributed by atoms with E-state index < -0.39 is 5.82 Å². The van der Waals surface area contributed by atoms with Crippen molar-refractivity contribution < 1.29 is 13.6 Å². The van der Waals surface area contributed by atoms with E-state index in [0.29, 0.717) is 5.58 Å². The van der Waals surface area contributed by atoms with Gasteiger partial charge in [-0.3, -0.25) is 9.78 Å². The summed E-state index contributed by atoms with van der Waals surface area (Å²) in [5, 5.41) is 0.862. The van der Waals surface area contributed by atoms with E-state index in [1.54, 1.807) is 13.0 Å². The Hall–Kier alpha value is -2.01. The first-order chi connectivity index (χ1) is 9.56. The van der Waals surface area contributed by atoms with Crippen LogP contribution < -0.4 is 0 Å². The topological polar surface area (TPSA) is 43.1 Å². The molecule has 0 radical (unpaired) electrons. The van der Waals surface area contributed by atoms with Gasteiger partial charge in [-0.15, -0.1) is 0 Å². The number of ketones is 1. The van der Waals surface area contributed by atoms with E-state index in [0.717, 1.165) is 27.7 Å². The Morgan fingerprint density at radius 3 is 2.85 bits per heavy atom. The standard InChI is InChI=1S/C15H9BrFNO2/c1-8-12-3-2-10(16)5-13(12)20-15(8)14(19)9-4-11(17)7-18-6-9/h2-7H,1H3. The zero-order valence-electron chi connectivity index (χ0n) is 10.5. The molecule has 3 aromatic rings. The molecule has 0 aliphatic heterocycles. The average Bonchev–Trinajstić information content (AvgIpc) is 2.74. The lowest BCUT2D eigenvalue weighted by Crippen LogP contribution is -2.02. The van der Waals surface area contributed by atoms with Crippen molar-refractivity contribution in [2.45, 2.75) is 6.92 Å².